The molecule has 0 bridgehead atoms. The minimum atomic E-state index is -0.275. The molecule has 5 heteroatoms. The van der Waals surface area contributed by atoms with Crippen molar-refractivity contribution in [2.45, 2.75) is 6.54 Å². The number of nitrogens with one attached hydrogen (secondary N) is 1. The van der Waals surface area contributed by atoms with Crippen molar-refractivity contribution in [3.8, 4) is 0 Å². The number of carbonyl (C=O) groups is 1. The highest BCUT2D eigenvalue weighted by atomic mass is 35.5. The molecule has 0 saturated heterocycles. The van der Waals surface area contributed by atoms with Crippen LogP contribution in [0.25, 0.3) is 0 Å². The van der Waals surface area contributed by atoms with E-state index in [1.165, 1.54) is 12.4 Å². The zero-order valence-electron chi connectivity index (χ0n) is 9.56. The van der Waals surface area contributed by atoms with Gasteiger partial charge < -0.3 is 11.1 Å². The van der Waals surface area contributed by atoms with Gasteiger partial charge in [0.15, 0.2) is 0 Å². The number of nitrogens with zero attached hydrogens (tertiary/aromatic N) is 1. The lowest BCUT2D eigenvalue weighted by atomic mass is 10.1. The van der Waals surface area contributed by atoms with E-state index in [9.17, 15) is 4.79 Å². The molecule has 0 aliphatic carbocycles. The molecule has 92 valence electrons. The van der Waals surface area contributed by atoms with Crippen LogP contribution in [0.4, 0.5) is 5.69 Å². The first-order valence-corrected chi connectivity index (χ1v) is 5.79. The lowest BCUT2D eigenvalue weighted by molar-refractivity contribution is 0.102. The minimum Gasteiger partial charge on any atom is -0.326 e. The summed E-state index contributed by atoms with van der Waals surface area (Å²) in [6, 6.07) is 8.95. The molecular formula is C13H12ClN3O. The second-order valence-corrected chi connectivity index (χ2v) is 4.08. The molecular weight excluding hydrogens is 250 g/mol. The average Bonchev–Trinajstić information content (AvgIpc) is 2.39. The van der Waals surface area contributed by atoms with E-state index in [1.807, 2.05) is 18.2 Å². The molecule has 0 aliphatic heterocycles. The monoisotopic (exact) mass is 261 g/mol. The van der Waals surface area contributed by atoms with E-state index in [0.29, 0.717) is 22.8 Å². The van der Waals surface area contributed by atoms with E-state index in [1.54, 1.807) is 12.1 Å². The number of anilines is 1. The van der Waals surface area contributed by atoms with Crippen LogP contribution in [-0.2, 0) is 6.54 Å². The molecule has 4 nitrogen and oxygen atoms in total. The summed E-state index contributed by atoms with van der Waals surface area (Å²) in [6.45, 7) is 0.362. The zero-order chi connectivity index (χ0) is 13.0. The summed E-state index contributed by atoms with van der Waals surface area (Å²) in [5, 5.41) is 3.11. The van der Waals surface area contributed by atoms with Gasteiger partial charge >= 0.3 is 0 Å². The number of para-hydroxylation sites is 1. The Hall–Kier alpha value is -1.91. The predicted molar refractivity (Wildman–Crippen MR) is 71.5 cm³/mol. The number of rotatable bonds is 3. The van der Waals surface area contributed by atoms with E-state index in [0.717, 1.165) is 5.56 Å². The zero-order valence-corrected chi connectivity index (χ0v) is 10.3. The molecule has 0 spiro atoms. The van der Waals surface area contributed by atoms with Crippen LogP contribution < -0.4 is 11.1 Å². The summed E-state index contributed by atoms with van der Waals surface area (Å²) in [5.41, 5.74) is 7.56. The van der Waals surface area contributed by atoms with Crippen molar-refractivity contribution >= 4 is 23.2 Å². The summed E-state index contributed by atoms with van der Waals surface area (Å²) >= 11 is 5.91. The lowest BCUT2D eigenvalue weighted by Gasteiger charge is -2.10. The Morgan fingerprint density at radius 1 is 1.33 bits per heavy atom. The number of hydrogen-bond acceptors (Lipinski definition) is 3. The Labute approximate surface area is 110 Å². The molecule has 0 saturated carbocycles. The summed E-state index contributed by atoms with van der Waals surface area (Å²) < 4.78 is 0. The van der Waals surface area contributed by atoms with Gasteiger partial charge in [-0.25, -0.2) is 0 Å². The fraction of sp³-hybridized carbons (Fsp3) is 0.0769. The van der Waals surface area contributed by atoms with Crippen LogP contribution in [0.2, 0.25) is 5.02 Å². The van der Waals surface area contributed by atoms with Gasteiger partial charge in [-0.05, 0) is 17.7 Å². The van der Waals surface area contributed by atoms with E-state index in [4.69, 9.17) is 17.3 Å². The minimum absolute atomic E-state index is 0.275. The van der Waals surface area contributed by atoms with Crippen LogP contribution in [0.3, 0.4) is 0 Å². The van der Waals surface area contributed by atoms with Crippen LogP contribution in [0.1, 0.15) is 15.9 Å². The lowest BCUT2D eigenvalue weighted by Crippen LogP contribution is -2.14. The van der Waals surface area contributed by atoms with E-state index >= 15 is 0 Å². The number of aromatic nitrogens is 1. The molecule has 1 heterocycles. The largest absolute Gasteiger partial charge is 0.326 e. The van der Waals surface area contributed by atoms with Crippen molar-refractivity contribution < 1.29 is 4.79 Å². The standard InChI is InChI=1S/C13H12ClN3O/c14-11-8-16-6-5-10(11)13(18)17-12-4-2-1-3-9(12)7-15/h1-6,8H,7,15H2,(H,17,18). The van der Waals surface area contributed by atoms with Gasteiger partial charge in [-0.15, -0.1) is 0 Å². The first-order chi connectivity index (χ1) is 8.72. The van der Waals surface area contributed by atoms with Crippen LogP contribution in [0, 0.1) is 0 Å². The summed E-state index contributed by atoms with van der Waals surface area (Å²) in [6.07, 6.45) is 2.96. The third kappa shape index (κ3) is 2.67. The molecule has 1 aromatic carbocycles. The molecule has 0 aliphatic rings. The van der Waals surface area contributed by atoms with Crippen molar-refractivity contribution in [1.29, 1.82) is 0 Å². The van der Waals surface area contributed by atoms with E-state index < -0.39 is 0 Å². The number of benzene rings is 1. The highest BCUT2D eigenvalue weighted by molar-refractivity contribution is 6.34. The summed E-state index contributed by atoms with van der Waals surface area (Å²) in [7, 11) is 0. The molecule has 0 fully saturated rings. The van der Waals surface area contributed by atoms with Crippen LogP contribution in [0.5, 0.6) is 0 Å². The van der Waals surface area contributed by atoms with Gasteiger partial charge in [0.2, 0.25) is 0 Å². The predicted octanol–water partition coefficient (Wildman–Crippen LogP) is 2.45. The summed E-state index contributed by atoms with van der Waals surface area (Å²) in [4.78, 5) is 15.9. The molecule has 0 radical (unpaired) electrons. The highest BCUT2D eigenvalue weighted by Crippen LogP contribution is 2.18. The number of halogens is 1. The molecule has 3 N–H and O–H groups in total. The maximum Gasteiger partial charge on any atom is 0.257 e. The number of carbonyl (C=O) groups excluding carboxylic acids is 1. The molecule has 1 aromatic heterocycles. The Kier molecular flexibility index (Phi) is 3.92. The van der Waals surface area contributed by atoms with Crippen LogP contribution >= 0.6 is 11.6 Å². The van der Waals surface area contributed by atoms with Gasteiger partial charge in [0.25, 0.3) is 5.91 Å². The maximum atomic E-state index is 12.0. The third-order valence-corrected chi connectivity index (χ3v) is 2.80. The molecule has 0 atom stereocenters. The van der Waals surface area contributed by atoms with E-state index in [2.05, 4.69) is 10.3 Å². The first kappa shape index (κ1) is 12.5. The number of amides is 1. The molecule has 1 amide bonds. The quantitative estimate of drug-likeness (QED) is 0.892. The van der Waals surface area contributed by atoms with Gasteiger partial charge in [0.1, 0.15) is 0 Å². The molecule has 18 heavy (non-hydrogen) atoms. The molecule has 2 aromatic rings. The van der Waals surface area contributed by atoms with Crippen molar-refractivity contribution in [2.75, 3.05) is 5.32 Å². The van der Waals surface area contributed by atoms with Crippen molar-refractivity contribution in [3.63, 3.8) is 0 Å². The maximum absolute atomic E-state index is 12.0. The molecule has 0 unspecified atom stereocenters. The second kappa shape index (κ2) is 5.62. The van der Waals surface area contributed by atoms with Crippen LogP contribution in [0.15, 0.2) is 42.7 Å². The fourth-order valence-corrected chi connectivity index (χ4v) is 1.77. The summed E-state index contributed by atoms with van der Waals surface area (Å²) in [5.74, 6) is -0.275. The first-order valence-electron chi connectivity index (χ1n) is 5.41. The average molecular weight is 262 g/mol. The smallest absolute Gasteiger partial charge is 0.257 e. The van der Waals surface area contributed by atoms with Gasteiger partial charge in [-0.3, -0.25) is 9.78 Å². The highest BCUT2D eigenvalue weighted by Gasteiger charge is 2.11. The SMILES string of the molecule is NCc1ccccc1NC(=O)c1ccncc1Cl. The third-order valence-electron chi connectivity index (χ3n) is 2.50. The fourth-order valence-electron chi connectivity index (χ4n) is 1.57. The topological polar surface area (TPSA) is 68.0 Å². The number of pyridine rings is 1. The van der Waals surface area contributed by atoms with E-state index in [-0.39, 0.29) is 5.91 Å². The normalized spacial score (nSPS) is 10.1. The van der Waals surface area contributed by atoms with Crippen molar-refractivity contribution in [2.24, 2.45) is 5.73 Å². The number of hydrogen-bond donors (Lipinski definition) is 2. The number of nitrogens with two attached hydrogens (primary N) is 1. The van der Waals surface area contributed by atoms with Gasteiger partial charge in [0, 0.05) is 24.6 Å². The van der Waals surface area contributed by atoms with Crippen molar-refractivity contribution in [1.82, 2.24) is 4.98 Å². The second-order valence-electron chi connectivity index (χ2n) is 3.67. The Balaban J connectivity index is 2.24. The Morgan fingerprint density at radius 3 is 2.83 bits per heavy atom. The Morgan fingerprint density at radius 2 is 2.11 bits per heavy atom. The van der Waals surface area contributed by atoms with Gasteiger partial charge in [0.05, 0.1) is 10.6 Å². The van der Waals surface area contributed by atoms with Gasteiger partial charge in [-0.2, -0.15) is 0 Å². The Bertz CT molecular complexity index is 572. The van der Waals surface area contributed by atoms with Crippen molar-refractivity contribution in [3.05, 3.63) is 58.9 Å². The van der Waals surface area contributed by atoms with Crippen LogP contribution in [-0.4, -0.2) is 10.9 Å². The molecule has 2 rings (SSSR count). The van der Waals surface area contributed by atoms with Gasteiger partial charge in [-0.1, -0.05) is 29.8 Å².